The second-order valence-corrected chi connectivity index (χ2v) is 7.91. The Hall–Kier alpha value is -2.03. The second-order valence-electron chi connectivity index (χ2n) is 5.15. The van der Waals surface area contributed by atoms with Gasteiger partial charge in [-0.1, -0.05) is 29.4 Å². The fourth-order valence-electron chi connectivity index (χ4n) is 2.00. The molecule has 0 bridgehead atoms. The number of thioether (sulfide) groups is 1. The first-order valence-electron chi connectivity index (χ1n) is 7.04. The molecule has 2 aromatic rings. The van der Waals surface area contributed by atoms with Gasteiger partial charge in [0.2, 0.25) is 0 Å². The number of hydrogen-bond donors (Lipinski definition) is 2. The zero-order valence-corrected chi connectivity index (χ0v) is 15.2. The first-order valence-corrected chi connectivity index (χ1v) is 9.71. The van der Waals surface area contributed by atoms with E-state index in [0.717, 1.165) is 14.8 Å². The number of benzene rings is 2. The van der Waals surface area contributed by atoms with E-state index >= 15 is 0 Å². The van der Waals surface area contributed by atoms with Gasteiger partial charge in [-0.05, 0) is 30.5 Å². The summed E-state index contributed by atoms with van der Waals surface area (Å²) in [5.74, 6) is 0. The van der Waals surface area contributed by atoms with Crippen molar-refractivity contribution in [2.45, 2.75) is 4.90 Å². The van der Waals surface area contributed by atoms with Crippen molar-refractivity contribution in [3.8, 4) is 0 Å². The minimum Gasteiger partial charge on any atom is -0.410 e. The molecule has 0 amide bonds. The van der Waals surface area contributed by atoms with Gasteiger partial charge in [0.05, 0.1) is 5.69 Å². The van der Waals surface area contributed by atoms with E-state index in [2.05, 4.69) is 9.88 Å². The van der Waals surface area contributed by atoms with Crippen molar-refractivity contribution in [1.82, 2.24) is 4.31 Å². The fourth-order valence-corrected chi connectivity index (χ4v) is 3.02. The third-order valence-electron chi connectivity index (χ3n) is 3.33. The number of nitrogens with zero attached hydrogens (tertiary/aromatic N) is 2. The standard InChI is InChI=1S/C16H19N3O3S2/c1-19(2)24(21,22)18-14-6-4-5-13(11-14)16(17-20)12-7-9-15(23-3)10-8-12/h4-11,18,20H,1-3H3/b17-16-. The molecule has 0 aliphatic heterocycles. The number of hydrogen-bond acceptors (Lipinski definition) is 5. The molecule has 0 saturated carbocycles. The van der Waals surface area contributed by atoms with Crippen LogP contribution in [0, 0.1) is 0 Å². The Kier molecular flexibility index (Phi) is 5.87. The third-order valence-corrected chi connectivity index (χ3v) is 5.53. The summed E-state index contributed by atoms with van der Waals surface area (Å²) in [6.45, 7) is 0. The molecule has 128 valence electrons. The summed E-state index contributed by atoms with van der Waals surface area (Å²) in [5.41, 5.74) is 2.10. The molecule has 6 nitrogen and oxygen atoms in total. The topological polar surface area (TPSA) is 82.0 Å². The van der Waals surface area contributed by atoms with Gasteiger partial charge in [-0.25, -0.2) is 0 Å². The highest BCUT2D eigenvalue weighted by molar-refractivity contribution is 7.98. The minimum absolute atomic E-state index is 0.369. The molecule has 2 aromatic carbocycles. The molecule has 0 radical (unpaired) electrons. The maximum absolute atomic E-state index is 11.9. The lowest BCUT2D eigenvalue weighted by Gasteiger charge is -2.14. The highest BCUT2D eigenvalue weighted by atomic mass is 32.2. The van der Waals surface area contributed by atoms with Crippen molar-refractivity contribution in [2.24, 2.45) is 5.16 Å². The summed E-state index contributed by atoms with van der Waals surface area (Å²) >= 11 is 1.62. The number of oxime groups is 1. The van der Waals surface area contributed by atoms with Crippen molar-refractivity contribution >= 4 is 33.4 Å². The van der Waals surface area contributed by atoms with Crippen LogP contribution in [0.2, 0.25) is 0 Å². The molecular weight excluding hydrogens is 346 g/mol. The molecule has 0 fully saturated rings. The van der Waals surface area contributed by atoms with E-state index < -0.39 is 10.2 Å². The maximum atomic E-state index is 11.9. The fraction of sp³-hybridized carbons (Fsp3) is 0.188. The molecule has 0 heterocycles. The van der Waals surface area contributed by atoms with Gasteiger partial charge in [0.1, 0.15) is 5.71 Å². The van der Waals surface area contributed by atoms with Gasteiger partial charge in [-0.2, -0.15) is 12.7 Å². The first kappa shape index (κ1) is 18.3. The third kappa shape index (κ3) is 4.28. The monoisotopic (exact) mass is 365 g/mol. The Morgan fingerprint density at radius 3 is 2.33 bits per heavy atom. The van der Waals surface area contributed by atoms with Crippen molar-refractivity contribution in [3.05, 3.63) is 59.7 Å². The summed E-state index contributed by atoms with van der Waals surface area (Å²) in [6.07, 6.45) is 1.98. The number of anilines is 1. The summed E-state index contributed by atoms with van der Waals surface area (Å²) in [6, 6.07) is 14.3. The van der Waals surface area contributed by atoms with Crippen LogP contribution >= 0.6 is 11.8 Å². The van der Waals surface area contributed by atoms with Gasteiger partial charge in [0, 0.05) is 30.1 Å². The van der Waals surface area contributed by atoms with Crippen molar-refractivity contribution in [3.63, 3.8) is 0 Å². The predicted molar refractivity (Wildman–Crippen MR) is 98.3 cm³/mol. The van der Waals surface area contributed by atoms with Crippen LogP contribution in [0.5, 0.6) is 0 Å². The largest absolute Gasteiger partial charge is 0.410 e. The minimum atomic E-state index is -3.60. The Bertz CT molecular complexity index is 832. The Morgan fingerprint density at radius 2 is 1.79 bits per heavy atom. The number of nitrogens with one attached hydrogen (secondary N) is 1. The van der Waals surface area contributed by atoms with E-state index in [9.17, 15) is 13.6 Å². The van der Waals surface area contributed by atoms with Crippen molar-refractivity contribution in [1.29, 1.82) is 0 Å². The molecule has 0 aromatic heterocycles. The highest BCUT2D eigenvalue weighted by Gasteiger charge is 2.14. The Labute approximate surface area is 146 Å². The predicted octanol–water partition coefficient (Wildman–Crippen LogP) is 2.85. The van der Waals surface area contributed by atoms with E-state index in [4.69, 9.17) is 0 Å². The Balaban J connectivity index is 2.35. The van der Waals surface area contributed by atoms with Gasteiger partial charge in [0.15, 0.2) is 0 Å². The van der Waals surface area contributed by atoms with Crippen LogP contribution in [0.3, 0.4) is 0 Å². The zero-order valence-electron chi connectivity index (χ0n) is 13.6. The molecule has 2 rings (SSSR count). The average molecular weight is 365 g/mol. The lowest BCUT2D eigenvalue weighted by Crippen LogP contribution is -2.29. The van der Waals surface area contributed by atoms with Gasteiger partial charge >= 0.3 is 10.2 Å². The van der Waals surface area contributed by atoms with Crippen LogP contribution in [0.4, 0.5) is 5.69 Å². The van der Waals surface area contributed by atoms with Gasteiger partial charge in [-0.15, -0.1) is 11.8 Å². The zero-order chi connectivity index (χ0) is 17.7. The summed E-state index contributed by atoms with van der Waals surface area (Å²) < 4.78 is 27.4. The normalized spacial score (nSPS) is 12.4. The second kappa shape index (κ2) is 7.69. The van der Waals surface area contributed by atoms with Crippen LogP contribution in [-0.2, 0) is 10.2 Å². The molecular formula is C16H19N3O3S2. The lowest BCUT2D eigenvalue weighted by atomic mass is 10.0. The molecule has 0 saturated heterocycles. The molecule has 2 N–H and O–H groups in total. The molecule has 0 atom stereocenters. The van der Waals surface area contributed by atoms with E-state index in [1.807, 2.05) is 30.5 Å². The molecule has 0 aliphatic carbocycles. The first-order chi connectivity index (χ1) is 11.4. The number of rotatable bonds is 6. The van der Waals surface area contributed by atoms with E-state index in [0.29, 0.717) is 17.0 Å². The van der Waals surface area contributed by atoms with Gasteiger partial charge in [-0.3, -0.25) is 4.72 Å². The van der Waals surface area contributed by atoms with E-state index in [-0.39, 0.29) is 0 Å². The van der Waals surface area contributed by atoms with Crippen molar-refractivity contribution < 1.29 is 13.6 Å². The summed E-state index contributed by atoms with van der Waals surface area (Å²) in [5, 5.41) is 12.8. The molecule has 0 unspecified atom stereocenters. The van der Waals surface area contributed by atoms with E-state index in [1.165, 1.54) is 14.1 Å². The van der Waals surface area contributed by atoms with Gasteiger partial charge < -0.3 is 5.21 Å². The molecule has 24 heavy (non-hydrogen) atoms. The smallest absolute Gasteiger partial charge is 0.301 e. The quantitative estimate of drug-likeness (QED) is 0.357. The Morgan fingerprint density at radius 1 is 1.12 bits per heavy atom. The van der Waals surface area contributed by atoms with Crippen LogP contribution in [-0.4, -0.2) is 44.0 Å². The summed E-state index contributed by atoms with van der Waals surface area (Å²) in [4.78, 5) is 1.10. The molecule has 0 spiro atoms. The van der Waals surface area contributed by atoms with Crippen LogP contribution in [0.1, 0.15) is 11.1 Å². The summed E-state index contributed by atoms with van der Waals surface area (Å²) in [7, 11) is -0.707. The highest BCUT2D eigenvalue weighted by Crippen LogP contribution is 2.20. The maximum Gasteiger partial charge on any atom is 0.301 e. The SMILES string of the molecule is CSc1ccc(/C(=N/O)c2cccc(NS(=O)(=O)N(C)C)c2)cc1. The van der Waals surface area contributed by atoms with Gasteiger partial charge in [0.25, 0.3) is 0 Å². The van der Waals surface area contributed by atoms with Crippen LogP contribution < -0.4 is 4.72 Å². The molecule has 0 aliphatic rings. The lowest BCUT2D eigenvalue weighted by molar-refractivity contribution is 0.319. The average Bonchev–Trinajstić information content (AvgIpc) is 2.56. The van der Waals surface area contributed by atoms with E-state index in [1.54, 1.807) is 36.0 Å². The van der Waals surface area contributed by atoms with Crippen LogP contribution in [0.25, 0.3) is 0 Å². The van der Waals surface area contributed by atoms with Crippen LogP contribution in [0.15, 0.2) is 58.6 Å². The molecule has 8 heteroatoms. The van der Waals surface area contributed by atoms with Crippen molar-refractivity contribution in [2.75, 3.05) is 25.1 Å².